The molecule has 0 unspecified atom stereocenters. The van der Waals surface area contributed by atoms with Gasteiger partial charge in [0.25, 0.3) is 0 Å². The molecule has 1 aromatic rings. The van der Waals surface area contributed by atoms with Crippen molar-refractivity contribution in [1.82, 2.24) is 9.88 Å². The predicted molar refractivity (Wildman–Crippen MR) is 104 cm³/mol. The number of hydrogen-bond acceptors (Lipinski definition) is 4. The summed E-state index contributed by atoms with van der Waals surface area (Å²) in [5.74, 6) is 1.64. The van der Waals surface area contributed by atoms with E-state index in [4.69, 9.17) is 5.73 Å². The van der Waals surface area contributed by atoms with Gasteiger partial charge in [0.15, 0.2) is 0 Å². The summed E-state index contributed by atoms with van der Waals surface area (Å²) in [6, 6.07) is 6.02. The summed E-state index contributed by atoms with van der Waals surface area (Å²) in [6.07, 6.45) is 4.01. The van der Waals surface area contributed by atoms with Crippen LogP contribution >= 0.6 is 24.8 Å². The van der Waals surface area contributed by atoms with Crippen LogP contribution in [0.5, 0.6) is 0 Å². The molecule has 5 nitrogen and oxygen atoms in total. The number of carbonyl (C=O) groups is 1. The number of halogens is 2. The van der Waals surface area contributed by atoms with Gasteiger partial charge in [0.1, 0.15) is 5.82 Å². The third-order valence-corrected chi connectivity index (χ3v) is 4.29. The zero-order valence-electron chi connectivity index (χ0n) is 14.8. The first-order chi connectivity index (χ1) is 10.4. The summed E-state index contributed by atoms with van der Waals surface area (Å²) in [7, 11) is 0. The molecular weight excluding hydrogens is 347 g/mol. The Hall–Kier alpha value is -1.04. The second-order valence-electron chi connectivity index (χ2n) is 6.68. The van der Waals surface area contributed by atoms with Gasteiger partial charge in [-0.15, -0.1) is 24.8 Å². The van der Waals surface area contributed by atoms with Crippen LogP contribution in [-0.2, 0) is 4.79 Å². The molecular formula is C17H30Cl2N4O. The Morgan fingerprint density at radius 3 is 2.42 bits per heavy atom. The van der Waals surface area contributed by atoms with Gasteiger partial charge >= 0.3 is 0 Å². The van der Waals surface area contributed by atoms with Gasteiger partial charge < -0.3 is 15.5 Å². The lowest BCUT2D eigenvalue weighted by molar-refractivity contribution is -0.136. The maximum absolute atomic E-state index is 12.3. The smallest absolute Gasteiger partial charge is 0.242 e. The summed E-state index contributed by atoms with van der Waals surface area (Å²) in [4.78, 5) is 21.0. The van der Waals surface area contributed by atoms with E-state index in [2.05, 4.69) is 16.0 Å². The van der Waals surface area contributed by atoms with Gasteiger partial charge in [0.05, 0.1) is 5.54 Å². The van der Waals surface area contributed by atoms with Gasteiger partial charge in [0.2, 0.25) is 5.91 Å². The van der Waals surface area contributed by atoms with Crippen molar-refractivity contribution >= 4 is 36.5 Å². The average Bonchev–Trinajstić information content (AvgIpc) is 2.52. The van der Waals surface area contributed by atoms with Crippen molar-refractivity contribution in [3.63, 3.8) is 0 Å². The monoisotopic (exact) mass is 376 g/mol. The van der Waals surface area contributed by atoms with Crippen LogP contribution in [0.3, 0.4) is 0 Å². The van der Waals surface area contributed by atoms with E-state index in [-0.39, 0.29) is 30.7 Å². The maximum Gasteiger partial charge on any atom is 0.242 e. The van der Waals surface area contributed by atoms with Gasteiger partial charge in [0, 0.05) is 32.4 Å². The number of pyridine rings is 1. The summed E-state index contributed by atoms with van der Waals surface area (Å²) in [5.41, 5.74) is 5.16. The fraction of sp³-hybridized carbons (Fsp3) is 0.647. The number of amides is 1. The molecule has 0 atom stereocenters. The topological polar surface area (TPSA) is 62.5 Å². The zero-order chi connectivity index (χ0) is 16.2. The van der Waals surface area contributed by atoms with E-state index in [1.165, 1.54) is 0 Å². The Balaban J connectivity index is 0.00000264. The molecule has 0 bridgehead atoms. The van der Waals surface area contributed by atoms with E-state index < -0.39 is 5.54 Å². The predicted octanol–water partition coefficient (Wildman–Crippen LogP) is 2.73. The molecule has 2 N–H and O–H groups in total. The molecule has 1 saturated heterocycles. The molecule has 2 heterocycles. The number of carbonyl (C=O) groups excluding carboxylic acids is 1. The van der Waals surface area contributed by atoms with Crippen molar-refractivity contribution < 1.29 is 4.79 Å². The number of likely N-dealkylation sites (N-methyl/N-ethyl adjacent to an activating group) is 1. The lowest BCUT2D eigenvalue weighted by Crippen LogP contribution is -2.52. The lowest BCUT2D eigenvalue weighted by Gasteiger charge is -2.36. The van der Waals surface area contributed by atoms with Crippen LogP contribution in [0.2, 0.25) is 0 Å². The molecule has 1 aliphatic rings. The SMILES string of the molecule is CCN(CC1CCN(c2ccccn2)CC1)C(=O)C(C)(C)N.Cl.Cl. The number of piperidine rings is 1. The van der Waals surface area contributed by atoms with Crippen molar-refractivity contribution in [3.05, 3.63) is 24.4 Å². The van der Waals surface area contributed by atoms with Crippen LogP contribution in [0.1, 0.15) is 33.6 Å². The minimum atomic E-state index is -0.787. The Labute approximate surface area is 157 Å². The number of rotatable bonds is 5. The Bertz CT molecular complexity index is 485. The first-order valence-electron chi connectivity index (χ1n) is 8.16. The van der Waals surface area contributed by atoms with Gasteiger partial charge in [-0.05, 0) is 51.7 Å². The highest BCUT2D eigenvalue weighted by molar-refractivity contribution is 5.86. The molecule has 0 aliphatic carbocycles. The van der Waals surface area contributed by atoms with Crippen LogP contribution in [-0.4, -0.2) is 47.5 Å². The molecule has 1 amide bonds. The molecule has 0 spiro atoms. The minimum absolute atomic E-state index is 0. The number of nitrogens with two attached hydrogens (primary N) is 1. The molecule has 1 aliphatic heterocycles. The second kappa shape index (κ2) is 10.1. The maximum atomic E-state index is 12.3. The van der Waals surface area contributed by atoms with Crippen LogP contribution < -0.4 is 10.6 Å². The molecule has 0 saturated carbocycles. The van der Waals surface area contributed by atoms with E-state index >= 15 is 0 Å². The minimum Gasteiger partial charge on any atom is -0.357 e. The van der Waals surface area contributed by atoms with Gasteiger partial charge in [-0.1, -0.05) is 6.07 Å². The van der Waals surface area contributed by atoms with Gasteiger partial charge in [-0.2, -0.15) is 0 Å². The molecule has 7 heteroatoms. The summed E-state index contributed by atoms with van der Waals surface area (Å²) in [5, 5.41) is 0. The van der Waals surface area contributed by atoms with Gasteiger partial charge in [-0.3, -0.25) is 4.79 Å². The third-order valence-electron chi connectivity index (χ3n) is 4.29. The first-order valence-corrected chi connectivity index (χ1v) is 8.16. The number of anilines is 1. The highest BCUT2D eigenvalue weighted by Crippen LogP contribution is 2.22. The second-order valence-corrected chi connectivity index (χ2v) is 6.68. The lowest BCUT2D eigenvalue weighted by atomic mass is 9.95. The first kappa shape index (κ1) is 23.0. The Morgan fingerprint density at radius 2 is 1.96 bits per heavy atom. The van der Waals surface area contributed by atoms with Crippen molar-refractivity contribution in [3.8, 4) is 0 Å². The molecule has 2 rings (SSSR count). The van der Waals surface area contributed by atoms with Crippen molar-refractivity contribution in [2.45, 2.75) is 39.2 Å². The van der Waals surface area contributed by atoms with Crippen LogP contribution in [0, 0.1) is 5.92 Å². The van der Waals surface area contributed by atoms with Gasteiger partial charge in [-0.25, -0.2) is 4.98 Å². The molecule has 0 radical (unpaired) electrons. The van der Waals surface area contributed by atoms with E-state index in [0.29, 0.717) is 5.92 Å². The Kier molecular flexibility index (Phi) is 9.63. The molecule has 1 fully saturated rings. The molecule has 1 aromatic heterocycles. The largest absolute Gasteiger partial charge is 0.357 e. The van der Waals surface area contributed by atoms with Crippen molar-refractivity contribution in [1.29, 1.82) is 0 Å². The summed E-state index contributed by atoms with van der Waals surface area (Å²) in [6.45, 7) is 9.11. The van der Waals surface area contributed by atoms with E-state index in [0.717, 1.165) is 44.8 Å². The van der Waals surface area contributed by atoms with Crippen LogP contribution in [0.15, 0.2) is 24.4 Å². The van der Waals surface area contributed by atoms with Crippen LogP contribution in [0.25, 0.3) is 0 Å². The van der Waals surface area contributed by atoms with Crippen LogP contribution in [0.4, 0.5) is 5.82 Å². The third kappa shape index (κ3) is 6.11. The number of aromatic nitrogens is 1. The highest BCUT2D eigenvalue weighted by Gasteiger charge is 2.29. The standard InChI is InChI=1S/C17H28N4O.2ClH/c1-4-20(16(22)17(2,3)18)13-14-8-11-21(12-9-14)15-7-5-6-10-19-15;;/h5-7,10,14H,4,8-9,11-13,18H2,1-3H3;2*1H. The Morgan fingerprint density at radius 1 is 1.33 bits per heavy atom. The van der Waals surface area contributed by atoms with E-state index in [1.807, 2.05) is 30.2 Å². The average molecular weight is 377 g/mol. The van der Waals surface area contributed by atoms with Crippen molar-refractivity contribution in [2.75, 3.05) is 31.1 Å². The number of nitrogens with zero attached hydrogens (tertiary/aromatic N) is 3. The number of hydrogen-bond donors (Lipinski definition) is 1. The fourth-order valence-electron chi connectivity index (χ4n) is 2.96. The zero-order valence-corrected chi connectivity index (χ0v) is 16.4. The van der Waals surface area contributed by atoms with Crippen molar-refractivity contribution in [2.24, 2.45) is 11.7 Å². The highest BCUT2D eigenvalue weighted by atomic mass is 35.5. The van der Waals surface area contributed by atoms with E-state index in [1.54, 1.807) is 13.8 Å². The normalized spacial score (nSPS) is 15.2. The molecule has 0 aromatic carbocycles. The quantitative estimate of drug-likeness (QED) is 0.857. The fourth-order valence-corrected chi connectivity index (χ4v) is 2.96. The summed E-state index contributed by atoms with van der Waals surface area (Å²) < 4.78 is 0. The summed E-state index contributed by atoms with van der Waals surface area (Å²) >= 11 is 0. The molecule has 24 heavy (non-hydrogen) atoms. The molecule has 138 valence electrons. The van der Waals surface area contributed by atoms with E-state index in [9.17, 15) is 4.79 Å².